The smallest absolute Gasteiger partial charge is 0.282 e. The van der Waals surface area contributed by atoms with Gasteiger partial charge in [-0.15, -0.1) is 0 Å². The predicted molar refractivity (Wildman–Crippen MR) is 117 cm³/mol. The Morgan fingerprint density at radius 1 is 0.900 bits per heavy atom. The highest BCUT2D eigenvalue weighted by Gasteiger charge is 2.40. The molecule has 1 aliphatic rings. The summed E-state index contributed by atoms with van der Waals surface area (Å²) in [6, 6.07) is 18.0. The van der Waals surface area contributed by atoms with Crippen LogP contribution in [0, 0.1) is 19.7 Å². The van der Waals surface area contributed by atoms with E-state index in [4.69, 9.17) is 11.6 Å². The molecular weight excluding hydrogens is 403 g/mol. The Kier molecular flexibility index (Phi) is 5.14. The monoisotopic (exact) mass is 420 g/mol. The van der Waals surface area contributed by atoms with Gasteiger partial charge in [0, 0.05) is 10.7 Å². The summed E-state index contributed by atoms with van der Waals surface area (Å²) < 4.78 is 13.8. The molecule has 0 fully saturated rings. The molecule has 1 N–H and O–H groups in total. The molecule has 0 aliphatic carbocycles. The maximum absolute atomic E-state index is 13.8. The second-order valence-corrected chi connectivity index (χ2v) is 7.54. The highest BCUT2D eigenvalue weighted by molar-refractivity contribution is 6.46. The van der Waals surface area contributed by atoms with Crippen molar-refractivity contribution in [2.24, 2.45) is 0 Å². The van der Waals surface area contributed by atoms with Gasteiger partial charge in [-0.3, -0.25) is 9.59 Å². The number of halogens is 2. The molecule has 0 bridgehead atoms. The van der Waals surface area contributed by atoms with Crippen molar-refractivity contribution < 1.29 is 14.0 Å². The number of carbonyl (C=O) groups is 2. The molecule has 4 rings (SSSR count). The van der Waals surface area contributed by atoms with Gasteiger partial charge in [0.15, 0.2) is 0 Å². The van der Waals surface area contributed by atoms with Crippen LogP contribution in [0.5, 0.6) is 0 Å². The Hall–Kier alpha value is -3.44. The summed E-state index contributed by atoms with van der Waals surface area (Å²) in [6.07, 6.45) is 0. The van der Waals surface area contributed by atoms with Crippen molar-refractivity contribution in [3.05, 3.63) is 100.0 Å². The molecular formula is C24H18ClFN2O2. The van der Waals surface area contributed by atoms with Crippen LogP contribution in [0.15, 0.2) is 72.4 Å². The second-order valence-electron chi connectivity index (χ2n) is 7.13. The van der Waals surface area contributed by atoms with Crippen LogP contribution in [0.4, 0.5) is 15.8 Å². The van der Waals surface area contributed by atoms with Gasteiger partial charge in [0.25, 0.3) is 11.8 Å². The zero-order chi connectivity index (χ0) is 21.4. The van der Waals surface area contributed by atoms with Gasteiger partial charge in [-0.1, -0.05) is 53.6 Å². The molecule has 3 aromatic rings. The minimum absolute atomic E-state index is 0.119. The highest BCUT2D eigenvalue weighted by atomic mass is 35.5. The van der Waals surface area contributed by atoms with E-state index in [1.807, 2.05) is 32.0 Å². The van der Waals surface area contributed by atoms with Crippen LogP contribution in [0.1, 0.15) is 16.7 Å². The topological polar surface area (TPSA) is 49.4 Å². The molecule has 150 valence electrons. The van der Waals surface area contributed by atoms with Crippen molar-refractivity contribution in [2.45, 2.75) is 13.8 Å². The fraction of sp³-hybridized carbons (Fsp3) is 0.0833. The normalized spacial score (nSPS) is 13.9. The third kappa shape index (κ3) is 3.60. The van der Waals surface area contributed by atoms with Crippen molar-refractivity contribution in [2.75, 3.05) is 10.2 Å². The van der Waals surface area contributed by atoms with Gasteiger partial charge in [-0.2, -0.15) is 0 Å². The van der Waals surface area contributed by atoms with Crippen LogP contribution in [0.3, 0.4) is 0 Å². The van der Waals surface area contributed by atoms with E-state index in [9.17, 15) is 14.0 Å². The molecule has 0 saturated carbocycles. The van der Waals surface area contributed by atoms with Gasteiger partial charge < -0.3 is 5.32 Å². The SMILES string of the molecule is Cc1ccc(C2=C(Nc3ccc(C)c(Cl)c3)C(=O)N(c3cccc(F)c3)C2=O)cc1. The van der Waals surface area contributed by atoms with E-state index >= 15 is 0 Å². The Morgan fingerprint density at radius 2 is 1.63 bits per heavy atom. The van der Waals surface area contributed by atoms with Crippen molar-refractivity contribution in [3.63, 3.8) is 0 Å². The average Bonchev–Trinajstić information content (AvgIpc) is 2.95. The molecule has 1 heterocycles. The summed E-state index contributed by atoms with van der Waals surface area (Å²) in [5.41, 5.74) is 3.61. The molecule has 0 radical (unpaired) electrons. The number of benzene rings is 3. The van der Waals surface area contributed by atoms with Gasteiger partial charge in [0.2, 0.25) is 0 Å². The zero-order valence-corrected chi connectivity index (χ0v) is 17.1. The number of nitrogens with one attached hydrogen (secondary N) is 1. The first-order chi connectivity index (χ1) is 14.3. The van der Waals surface area contributed by atoms with E-state index in [0.717, 1.165) is 22.1 Å². The molecule has 0 spiro atoms. The summed E-state index contributed by atoms with van der Waals surface area (Å²) in [5, 5.41) is 3.59. The molecule has 1 aliphatic heterocycles. The van der Waals surface area contributed by atoms with Crippen molar-refractivity contribution in [1.29, 1.82) is 0 Å². The molecule has 30 heavy (non-hydrogen) atoms. The van der Waals surface area contributed by atoms with Crippen molar-refractivity contribution >= 4 is 40.4 Å². The van der Waals surface area contributed by atoms with Crippen LogP contribution in [-0.4, -0.2) is 11.8 Å². The fourth-order valence-electron chi connectivity index (χ4n) is 3.30. The summed E-state index contributed by atoms with van der Waals surface area (Å²) in [4.78, 5) is 27.5. The quantitative estimate of drug-likeness (QED) is 0.567. The summed E-state index contributed by atoms with van der Waals surface area (Å²) >= 11 is 6.22. The second kappa shape index (κ2) is 7.76. The largest absolute Gasteiger partial charge is 0.350 e. The Labute approximate surface area is 178 Å². The molecule has 6 heteroatoms. The van der Waals surface area contributed by atoms with E-state index < -0.39 is 17.6 Å². The van der Waals surface area contributed by atoms with E-state index in [-0.39, 0.29) is 17.0 Å². The summed E-state index contributed by atoms with van der Waals surface area (Å²) in [6.45, 7) is 3.81. The number of hydrogen-bond donors (Lipinski definition) is 1. The van der Waals surface area contributed by atoms with Crippen molar-refractivity contribution in [3.8, 4) is 0 Å². The van der Waals surface area contributed by atoms with Crippen LogP contribution in [-0.2, 0) is 9.59 Å². The Balaban J connectivity index is 1.83. The van der Waals surface area contributed by atoms with Gasteiger partial charge in [-0.25, -0.2) is 9.29 Å². The molecule has 0 saturated heterocycles. The van der Waals surface area contributed by atoms with Crippen molar-refractivity contribution in [1.82, 2.24) is 0 Å². The van der Waals surface area contributed by atoms with Gasteiger partial charge in [0.1, 0.15) is 11.5 Å². The molecule has 3 aromatic carbocycles. The number of rotatable bonds is 4. The first kappa shape index (κ1) is 19.9. The number of hydrogen-bond acceptors (Lipinski definition) is 3. The van der Waals surface area contributed by atoms with Crippen LogP contribution < -0.4 is 10.2 Å². The third-order valence-electron chi connectivity index (χ3n) is 4.93. The number of imide groups is 1. The van der Waals surface area contributed by atoms with Crippen LogP contribution in [0.25, 0.3) is 5.57 Å². The minimum Gasteiger partial charge on any atom is -0.350 e. The number of nitrogens with zero attached hydrogens (tertiary/aromatic N) is 1. The average molecular weight is 421 g/mol. The number of aryl methyl sites for hydroxylation is 2. The lowest BCUT2D eigenvalue weighted by atomic mass is 10.0. The van der Waals surface area contributed by atoms with E-state index in [0.29, 0.717) is 16.3 Å². The predicted octanol–water partition coefficient (Wildman–Crippen LogP) is 5.49. The summed E-state index contributed by atoms with van der Waals surface area (Å²) in [7, 11) is 0. The van der Waals surface area contributed by atoms with Gasteiger partial charge >= 0.3 is 0 Å². The zero-order valence-electron chi connectivity index (χ0n) is 16.4. The van der Waals surface area contributed by atoms with E-state index in [1.165, 1.54) is 18.2 Å². The fourth-order valence-corrected chi connectivity index (χ4v) is 3.48. The highest BCUT2D eigenvalue weighted by Crippen LogP contribution is 2.34. The molecule has 4 nitrogen and oxygen atoms in total. The van der Waals surface area contributed by atoms with Gasteiger partial charge in [-0.05, 0) is 55.3 Å². The number of anilines is 2. The lowest BCUT2D eigenvalue weighted by molar-refractivity contribution is -0.120. The first-order valence-electron chi connectivity index (χ1n) is 9.34. The first-order valence-corrected chi connectivity index (χ1v) is 9.72. The Morgan fingerprint density at radius 3 is 2.30 bits per heavy atom. The number of carbonyl (C=O) groups excluding carboxylic acids is 2. The minimum atomic E-state index is -0.558. The molecule has 0 aromatic heterocycles. The summed E-state index contributed by atoms with van der Waals surface area (Å²) in [5.74, 6) is -1.61. The lowest BCUT2D eigenvalue weighted by Crippen LogP contribution is -2.32. The number of amides is 2. The lowest BCUT2D eigenvalue weighted by Gasteiger charge is -2.15. The standard InChI is InChI=1S/C24H18ClFN2O2/c1-14-6-9-16(10-7-14)21-22(27-18-11-8-15(2)20(25)13-18)24(30)28(23(21)29)19-5-3-4-17(26)12-19/h3-13,27H,1-2H3. The molecule has 2 amide bonds. The third-order valence-corrected chi connectivity index (χ3v) is 5.34. The van der Waals surface area contributed by atoms with Gasteiger partial charge in [0.05, 0.1) is 11.3 Å². The van der Waals surface area contributed by atoms with Crippen LogP contribution in [0.2, 0.25) is 5.02 Å². The molecule has 0 atom stereocenters. The van der Waals surface area contributed by atoms with Crippen LogP contribution >= 0.6 is 11.6 Å². The maximum Gasteiger partial charge on any atom is 0.282 e. The Bertz CT molecular complexity index is 1200. The maximum atomic E-state index is 13.8. The molecule has 0 unspecified atom stereocenters. The van der Waals surface area contributed by atoms with E-state index in [2.05, 4.69) is 5.32 Å². The van der Waals surface area contributed by atoms with E-state index in [1.54, 1.807) is 24.3 Å².